The minimum atomic E-state index is -0.0926. The van der Waals surface area contributed by atoms with Gasteiger partial charge in [0.05, 0.1) is 12.4 Å². The molecule has 1 heterocycles. The molecule has 0 aliphatic rings. The molecule has 2 aromatic rings. The van der Waals surface area contributed by atoms with Crippen LogP contribution >= 0.6 is 0 Å². The average Bonchev–Trinajstić information content (AvgIpc) is 2.41. The molecule has 18 heavy (non-hydrogen) atoms. The summed E-state index contributed by atoms with van der Waals surface area (Å²) in [6.45, 7) is 1.94. The second-order valence-corrected chi connectivity index (χ2v) is 3.59. The van der Waals surface area contributed by atoms with E-state index in [0.29, 0.717) is 11.6 Å². The summed E-state index contributed by atoms with van der Waals surface area (Å²) in [5, 5.41) is 11.3. The van der Waals surface area contributed by atoms with Crippen molar-refractivity contribution in [2.45, 2.75) is 6.92 Å². The van der Waals surface area contributed by atoms with Gasteiger partial charge >= 0.3 is 0 Å². The Morgan fingerprint density at radius 3 is 2.67 bits per heavy atom. The molecule has 0 saturated heterocycles. The van der Waals surface area contributed by atoms with E-state index >= 15 is 0 Å². The minimum absolute atomic E-state index is 0.0926. The van der Waals surface area contributed by atoms with Gasteiger partial charge < -0.3 is 15.7 Å². The molecular formula is C12H12N4O2. The molecule has 92 valence electrons. The van der Waals surface area contributed by atoms with E-state index in [4.69, 9.17) is 15.7 Å². The molecule has 1 aromatic heterocycles. The van der Waals surface area contributed by atoms with E-state index in [2.05, 4.69) is 15.1 Å². The summed E-state index contributed by atoms with van der Waals surface area (Å²) in [5.41, 5.74) is 6.66. The molecule has 0 spiro atoms. The maximum atomic E-state index is 8.49. The van der Waals surface area contributed by atoms with Crippen LogP contribution in [-0.2, 0) is 0 Å². The Hall–Kier alpha value is -2.63. The molecule has 6 heteroatoms. The smallest absolute Gasteiger partial charge is 0.237 e. The molecule has 0 bridgehead atoms. The van der Waals surface area contributed by atoms with Crippen LogP contribution in [0.25, 0.3) is 0 Å². The van der Waals surface area contributed by atoms with Crippen molar-refractivity contribution in [2.75, 3.05) is 0 Å². The van der Waals surface area contributed by atoms with Gasteiger partial charge in [-0.25, -0.2) is 9.97 Å². The van der Waals surface area contributed by atoms with Gasteiger partial charge in [0.15, 0.2) is 5.84 Å². The molecular weight excluding hydrogens is 232 g/mol. The molecule has 6 nitrogen and oxygen atoms in total. The van der Waals surface area contributed by atoms with Crippen LogP contribution in [0, 0.1) is 6.92 Å². The summed E-state index contributed by atoms with van der Waals surface area (Å²) in [5.74, 6) is 0.965. The van der Waals surface area contributed by atoms with E-state index in [1.807, 2.05) is 31.2 Å². The predicted molar refractivity (Wildman–Crippen MR) is 65.8 cm³/mol. The Balaban J connectivity index is 2.19. The zero-order valence-electron chi connectivity index (χ0n) is 9.74. The lowest BCUT2D eigenvalue weighted by molar-refractivity contribution is 0.318. The number of hydrogen-bond acceptors (Lipinski definition) is 5. The zero-order valence-corrected chi connectivity index (χ0v) is 9.74. The van der Waals surface area contributed by atoms with Crippen LogP contribution in [0.2, 0.25) is 0 Å². The molecule has 0 atom stereocenters. The molecule has 0 saturated carbocycles. The van der Waals surface area contributed by atoms with Crippen molar-refractivity contribution in [1.29, 1.82) is 0 Å². The molecule has 1 aromatic carbocycles. The van der Waals surface area contributed by atoms with Crippen LogP contribution in [0.5, 0.6) is 11.6 Å². The van der Waals surface area contributed by atoms with E-state index < -0.39 is 0 Å². The lowest BCUT2D eigenvalue weighted by Crippen LogP contribution is -2.15. The van der Waals surface area contributed by atoms with Gasteiger partial charge in [-0.05, 0) is 18.6 Å². The fourth-order valence-corrected chi connectivity index (χ4v) is 1.34. The van der Waals surface area contributed by atoms with E-state index in [1.165, 1.54) is 12.4 Å². The van der Waals surface area contributed by atoms with Crippen LogP contribution in [0.4, 0.5) is 0 Å². The minimum Gasteiger partial charge on any atom is -0.437 e. The summed E-state index contributed by atoms with van der Waals surface area (Å²) in [7, 11) is 0. The van der Waals surface area contributed by atoms with Crippen molar-refractivity contribution >= 4 is 5.84 Å². The monoisotopic (exact) mass is 244 g/mol. The lowest BCUT2D eigenvalue weighted by Gasteiger charge is -2.07. The number of rotatable bonds is 3. The fourth-order valence-electron chi connectivity index (χ4n) is 1.34. The Kier molecular flexibility index (Phi) is 3.38. The lowest BCUT2D eigenvalue weighted by atomic mass is 10.2. The van der Waals surface area contributed by atoms with E-state index in [-0.39, 0.29) is 11.5 Å². The van der Waals surface area contributed by atoms with Gasteiger partial charge in [0.1, 0.15) is 11.4 Å². The summed E-state index contributed by atoms with van der Waals surface area (Å²) < 4.78 is 5.56. The van der Waals surface area contributed by atoms with E-state index in [9.17, 15) is 0 Å². The zero-order chi connectivity index (χ0) is 13.0. The summed E-state index contributed by atoms with van der Waals surface area (Å²) >= 11 is 0. The number of ether oxygens (including phenoxy) is 1. The maximum Gasteiger partial charge on any atom is 0.237 e. The number of aromatic nitrogens is 2. The first kappa shape index (κ1) is 11.8. The largest absolute Gasteiger partial charge is 0.437 e. The van der Waals surface area contributed by atoms with Crippen LogP contribution in [-0.4, -0.2) is 21.0 Å². The second kappa shape index (κ2) is 5.13. The number of nitrogens with two attached hydrogens (primary N) is 1. The van der Waals surface area contributed by atoms with Gasteiger partial charge in [-0.2, -0.15) is 0 Å². The third-order valence-electron chi connectivity index (χ3n) is 2.31. The highest BCUT2D eigenvalue weighted by Gasteiger charge is 2.05. The summed E-state index contributed by atoms with van der Waals surface area (Å²) in [6, 6.07) is 7.58. The highest BCUT2D eigenvalue weighted by Crippen LogP contribution is 2.22. The SMILES string of the molecule is Cc1ccccc1Oc1cnc(C(N)=NO)cn1. The summed E-state index contributed by atoms with van der Waals surface area (Å²) in [6.07, 6.45) is 2.79. The molecule has 0 fully saturated rings. The van der Waals surface area contributed by atoms with Gasteiger partial charge in [-0.15, -0.1) is 0 Å². The molecule has 2 rings (SSSR count). The number of aryl methyl sites for hydroxylation is 1. The van der Waals surface area contributed by atoms with Crippen LogP contribution in [0.3, 0.4) is 0 Å². The topological polar surface area (TPSA) is 93.6 Å². The van der Waals surface area contributed by atoms with Crippen molar-refractivity contribution in [3.05, 3.63) is 47.9 Å². The fraction of sp³-hybridized carbons (Fsp3) is 0.0833. The molecule has 3 N–H and O–H groups in total. The van der Waals surface area contributed by atoms with Crippen LogP contribution in [0.15, 0.2) is 41.8 Å². The summed E-state index contributed by atoms with van der Waals surface area (Å²) in [4.78, 5) is 8.00. The Labute approximate surface area is 104 Å². The van der Waals surface area contributed by atoms with Gasteiger partial charge in [0.2, 0.25) is 5.88 Å². The first-order valence-corrected chi connectivity index (χ1v) is 5.24. The number of benzene rings is 1. The molecule has 0 radical (unpaired) electrons. The number of para-hydroxylation sites is 1. The normalized spacial score (nSPS) is 11.3. The third-order valence-corrected chi connectivity index (χ3v) is 2.31. The standard InChI is InChI=1S/C12H12N4O2/c1-8-4-2-3-5-10(8)18-11-7-14-9(6-15-11)12(13)16-17/h2-7,17H,1H3,(H2,13,16). The van der Waals surface area contributed by atoms with Crippen molar-refractivity contribution in [1.82, 2.24) is 9.97 Å². The maximum absolute atomic E-state index is 8.49. The Bertz CT molecular complexity index is 567. The molecule has 0 aliphatic carbocycles. The molecule has 0 unspecified atom stereocenters. The first-order chi connectivity index (χ1) is 8.70. The second-order valence-electron chi connectivity index (χ2n) is 3.59. The molecule has 0 aliphatic heterocycles. The van der Waals surface area contributed by atoms with Gasteiger partial charge in [-0.1, -0.05) is 23.4 Å². The van der Waals surface area contributed by atoms with Gasteiger partial charge in [-0.3, -0.25) is 0 Å². The predicted octanol–water partition coefficient (Wildman–Crippen LogP) is 1.67. The number of amidine groups is 1. The highest BCUT2D eigenvalue weighted by molar-refractivity contribution is 5.94. The van der Waals surface area contributed by atoms with Crippen molar-refractivity contribution in [3.8, 4) is 11.6 Å². The molecule has 0 amide bonds. The Morgan fingerprint density at radius 2 is 2.06 bits per heavy atom. The number of hydrogen-bond donors (Lipinski definition) is 2. The highest BCUT2D eigenvalue weighted by atomic mass is 16.5. The van der Waals surface area contributed by atoms with Crippen molar-refractivity contribution < 1.29 is 9.94 Å². The van der Waals surface area contributed by atoms with Gasteiger partial charge in [0, 0.05) is 0 Å². The third kappa shape index (κ3) is 2.54. The number of nitrogens with zero attached hydrogens (tertiary/aromatic N) is 3. The van der Waals surface area contributed by atoms with E-state index in [0.717, 1.165) is 5.56 Å². The van der Waals surface area contributed by atoms with Gasteiger partial charge in [0.25, 0.3) is 0 Å². The van der Waals surface area contributed by atoms with Crippen LogP contribution < -0.4 is 10.5 Å². The Morgan fingerprint density at radius 1 is 1.28 bits per heavy atom. The number of oxime groups is 1. The van der Waals surface area contributed by atoms with Crippen LogP contribution in [0.1, 0.15) is 11.3 Å². The first-order valence-electron chi connectivity index (χ1n) is 5.24. The van der Waals surface area contributed by atoms with E-state index in [1.54, 1.807) is 0 Å². The quantitative estimate of drug-likeness (QED) is 0.371. The van der Waals surface area contributed by atoms with Crippen molar-refractivity contribution in [3.63, 3.8) is 0 Å². The van der Waals surface area contributed by atoms with Crippen molar-refractivity contribution in [2.24, 2.45) is 10.9 Å². The average molecular weight is 244 g/mol.